The van der Waals surface area contributed by atoms with E-state index in [1.54, 1.807) is 12.1 Å². The predicted molar refractivity (Wildman–Crippen MR) is 113 cm³/mol. The number of benzene rings is 1. The Morgan fingerprint density at radius 3 is 1.85 bits per heavy atom. The number of hydrogen-bond acceptors (Lipinski definition) is 11. The van der Waals surface area contributed by atoms with E-state index in [0.29, 0.717) is 0 Å². The highest BCUT2D eigenvalue weighted by atomic mass is 16.5. The highest BCUT2D eigenvalue weighted by Crippen LogP contribution is 2.06. The predicted octanol–water partition coefficient (Wildman–Crippen LogP) is -3.90. The van der Waals surface area contributed by atoms with Crippen molar-refractivity contribution in [1.29, 1.82) is 0 Å². The van der Waals surface area contributed by atoms with E-state index in [2.05, 4.69) is 10.1 Å². The summed E-state index contributed by atoms with van der Waals surface area (Å²) < 4.78 is 4.64. The molecule has 0 saturated carbocycles. The van der Waals surface area contributed by atoms with E-state index in [1.807, 2.05) is 18.2 Å². The van der Waals surface area contributed by atoms with Crippen LogP contribution in [0.15, 0.2) is 30.3 Å². The molecule has 10 N–H and O–H groups in total. The Hall–Kier alpha value is -2.65. The number of carbonyl (C=O) groups is 3. The second-order valence-electron chi connectivity index (χ2n) is 6.96. The molecule has 1 aromatic carbocycles. The molecule has 1 aromatic rings. The lowest BCUT2D eigenvalue weighted by atomic mass is 10.0. The molecule has 0 heterocycles. The van der Waals surface area contributed by atoms with E-state index >= 15 is 0 Å². The monoisotopic (exact) mass is 476 g/mol. The van der Waals surface area contributed by atoms with Gasteiger partial charge in [0.1, 0.15) is 30.5 Å². The van der Waals surface area contributed by atoms with Crippen molar-refractivity contribution in [1.82, 2.24) is 5.32 Å². The lowest BCUT2D eigenvalue weighted by molar-refractivity contribution is -0.145. The van der Waals surface area contributed by atoms with Gasteiger partial charge in [-0.05, 0) is 5.56 Å². The van der Waals surface area contributed by atoms with E-state index in [0.717, 1.165) is 5.56 Å². The Bertz CT molecular complexity index is 705. The van der Waals surface area contributed by atoms with Gasteiger partial charge >= 0.3 is 11.9 Å². The molecule has 1 rings (SSSR count). The molecule has 0 fully saturated rings. The van der Waals surface area contributed by atoms with Crippen LogP contribution >= 0.6 is 0 Å². The maximum atomic E-state index is 11.8. The van der Waals surface area contributed by atoms with Gasteiger partial charge in [0.15, 0.2) is 0 Å². The number of ether oxygens (including phenoxy) is 1. The summed E-state index contributed by atoms with van der Waals surface area (Å²) in [5.41, 5.74) is 6.29. The van der Waals surface area contributed by atoms with Gasteiger partial charge in [-0.15, -0.1) is 0 Å². The van der Waals surface area contributed by atoms with Gasteiger partial charge in [0.2, 0.25) is 5.91 Å². The molecular formula is C20H32N2O11. The minimum Gasteiger partial charge on any atom is -0.481 e. The van der Waals surface area contributed by atoms with E-state index in [-0.39, 0.29) is 6.42 Å². The zero-order valence-electron chi connectivity index (χ0n) is 18.0. The lowest BCUT2D eigenvalue weighted by Crippen LogP contribution is -2.50. The van der Waals surface area contributed by atoms with Crippen molar-refractivity contribution in [2.24, 2.45) is 5.73 Å². The van der Waals surface area contributed by atoms with Gasteiger partial charge in [-0.25, -0.2) is 4.79 Å². The van der Waals surface area contributed by atoms with Gasteiger partial charge in [0.05, 0.1) is 32.8 Å². The number of methoxy groups -OCH3 is 1. The van der Waals surface area contributed by atoms with Gasteiger partial charge in [0.25, 0.3) is 0 Å². The van der Waals surface area contributed by atoms with Crippen molar-refractivity contribution in [2.45, 2.75) is 49.3 Å². The number of nitrogens with one attached hydrogen (secondary N) is 1. The third-order valence-electron chi connectivity index (χ3n) is 4.33. The Morgan fingerprint density at radius 2 is 1.45 bits per heavy atom. The summed E-state index contributed by atoms with van der Waals surface area (Å²) in [5.74, 6) is -2.51. The van der Waals surface area contributed by atoms with Crippen LogP contribution in [0.2, 0.25) is 0 Å². The van der Waals surface area contributed by atoms with Crippen LogP contribution in [0.5, 0.6) is 0 Å². The maximum absolute atomic E-state index is 11.8. The second kappa shape index (κ2) is 16.0. The summed E-state index contributed by atoms with van der Waals surface area (Å²) in [5, 5.41) is 63.2. The van der Waals surface area contributed by atoms with E-state index < -0.39 is 74.0 Å². The summed E-state index contributed by atoms with van der Waals surface area (Å²) in [7, 11) is 1.21. The fourth-order valence-electron chi connectivity index (χ4n) is 2.42. The first kappa shape index (κ1) is 30.3. The number of carbonyl (C=O) groups excluding carboxylic acids is 2. The number of carboxylic acid groups (broad SMARTS) is 1. The summed E-state index contributed by atoms with van der Waals surface area (Å²) in [6.45, 7) is -1.45. The minimum atomic E-state index is -1.67. The van der Waals surface area contributed by atoms with E-state index in [9.17, 15) is 14.4 Å². The number of carboxylic acids is 1. The molecule has 0 bridgehead atoms. The second-order valence-corrected chi connectivity index (χ2v) is 6.96. The van der Waals surface area contributed by atoms with Crippen LogP contribution < -0.4 is 11.1 Å². The minimum absolute atomic E-state index is 0.235. The molecule has 13 nitrogen and oxygen atoms in total. The molecule has 0 aromatic heterocycles. The first-order chi connectivity index (χ1) is 15.5. The van der Waals surface area contributed by atoms with Crippen molar-refractivity contribution < 1.29 is 54.9 Å². The van der Waals surface area contributed by atoms with Gasteiger partial charge in [0, 0.05) is 6.42 Å². The van der Waals surface area contributed by atoms with Crippen molar-refractivity contribution in [3.63, 3.8) is 0 Å². The van der Waals surface area contributed by atoms with Gasteiger partial charge in [-0.2, -0.15) is 0 Å². The van der Waals surface area contributed by atoms with Gasteiger partial charge in [-0.3, -0.25) is 9.59 Å². The number of amides is 1. The average Bonchev–Trinajstić information content (AvgIpc) is 2.81. The Balaban J connectivity index is 0.000000728. The highest BCUT2D eigenvalue weighted by Gasteiger charge is 2.29. The first-order valence-corrected chi connectivity index (χ1v) is 9.81. The lowest BCUT2D eigenvalue weighted by Gasteiger charge is -2.24. The van der Waals surface area contributed by atoms with E-state index in [4.69, 9.17) is 41.5 Å². The summed E-state index contributed by atoms with van der Waals surface area (Å²) in [6, 6.07) is 6.93. The summed E-state index contributed by atoms with van der Waals surface area (Å²) >= 11 is 0. The molecule has 0 saturated heterocycles. The number of nitrogens with two attached hydrogens (primary N) is 1. The third kappa shape index (κ3) is 11.7. The van der Waals surface area contributed by atoms with Crippen LogP contribution in [0.25, 0.3) is 0 Å². The zero-order valence-corrected chi connectivity index (χ0v) is 18.0. The number of aliphatic carboxylic acids is 1. The molecule has 0 aliphatic heterocycles. The molecule has 33 heavy (non-hydrogen) atoms. The normalized spacial score (nSPS) is 16.1. The number of aliphatic hydroxyl groups excluding tert-OH is 6. The molecular weight excluding hydrogens is 444 g/mol. The van der Waals surface area contributed by atoms with Crippen LogP contribution in [0, 0.1) is 0 Å². The van der Waals surface area contributed by atoms with Crippen molar-refractivity contribution in [3.8, 4) is 0 Å². The highest BCUT2D eigenvalue weighted by molar-refractivity contribution is 5.89. The topological polar surface area (TPSA) is 240 Å². The SMILES string of the molecule is COC(=O)[C@H](Cc1ccccc1)NC(=O)[C@@H](N)CC(=O)O.OC[C@@H](O)[C@@H](O)[C@H](O)[C@H](O)CO. The molecule has 0 aliphatic rings. The molecule has 0 aliphatic carbocycles. The van der Waals surface area contributed by atoms with Crippen LogP contribution in [0.3, 0.4) is 0 Å². The molecule has 0 radical (unpaired) electrons. The molecule has 188 valence electrons. The molecule has 1 amide bonds. The number of rotatable bonds is 12. The van der Waals surface area contributed by atoms with Crippen molar-refractivity contribution in [3.05, 3.63) is 35.9 Å². The Morgan fingerprint density at radius 1 is 0.970 bits per heavy atom. The summed E-state index contributed by atoms with van der Waals surface area (Å²) in [6.07, 6.45) is -6.67. The van der Waals surface area contributed by atoms with Gasteiger partial charge < -0.3 is 51.5 Å². The number of aliphatic hydroxyl groups is 6. The van der Waals surface area contributed by atoms with Crippen LogP contribution in [-0.2, 0) is 25.5 Å². The Kier molecular flexibility index (Phi) is 14.8. The van der Waals surface area contributed by atoms with Gasteiger partial charge in [-0.1, -0.05) is 30.3 Å². The third-order valence-corrected chi connectivity index (χ3v) is 4.33. The average molecular weight is 476 g/mol. The van der Waals surface area contributed by atoms with Crippen LogP contribution in [-0.4, -0.2) is 110 Å². The Labute approximate surface area is 190 Å². The van der Waals surface area contributed by atoms with Crippen LogP contribution in [0.1, 0.15) is 12.0 Å². The van der Waals surface area contributed by atoms with Crippen molar-refractivity contribution >= 4 is 17.8 Å². The van der Waals surface area contributed by atoms with Crippen molar-refractivity contribution in [2.75, 3.05) is 20.3 Å². The largest absolute Gasteiger partial charge is 0.481 e. The fourth-order valence-corrected chi connectivity index (χ4v) is 2.42. The smallest absolute Gasteiger partial charge is 0.328 e. The number of esters is 1. The standard InChI is InChI=1S/C14H18N2O5.C6H14O6/c1-21-14(20)11(7-9-5-3-2-4-6-9)16-13(19)10(15)8-12(17)18;7-1-3(9)5(11)6(12)4(10)2-8/h2-6,10-11H,7-8,15H2,1H3,(H,16,19)(H,17,18);3-12H,1-2H2/t10-,11-;3-,4-,5-,6-/m01/s1. The van der Waals surface area contributed by atoms with Crippen LogP contribution in [0.4, 0.5) is 0 Å². The number of hydrogen-bond donors (Lipinski definition) is 9. The van der Waals surface area contributed by atoms with E-state index in [1.165, 1.54) is 7.11 Å². The first-order valence-electron chi connectivity index (χ1n) is 9.81. The summed E-state index contributed by atoms with van der Waals surface area (Å²) in [4.78, 5) is 34.0. The molecule has 13 heteroatoms. The maximum Gasteiger partial charge on any atom is 0.328 e. The fraction of sp³-hybridized carbons (Fsp3) is 0.550. The molecule has 0 unspecified atom stereocenters. The molecule has 0 spiro atoms. The zero-order chi connectivity index (χ0) is 25.6. The molecule has 6 atom stereocenters. The quantitative estimate of drug-likeness (QED) is 0.132.